The van der Waals surface area contributed by atoms with Gasteiger partial charge < -0.3 is 11.1 Å². The van der Waals surface area contributed by atoms with Gasteiger partial charge in [0.1, 0.15) is 4.99 Å². The van der Waals surface area contributed by atoms with Crippen molar-refractivity contribution in [2.75, 3.05) is 5.32 Å². The van der Waals surface area contributed by atoms with Crippen molar-refractivity contribution >= 4 is 34.2 Å². The van der Waals surface area contributed by atoms with Crippen LogP contribution in [-0.2, 0) is 6.54 Å². The lowest BCUT2D eigenvalue weighted by Gasteiger charge is -2.09. The summed E-state index contributed by atoms with van der Waals surface area (Å²) in [5.74, 6) is 0. The summed E-state index contributed by atoms with van der Waals surface area (Å²) in [4.78, 5) is 1.82. The predicted octanol–water partition coefficient (Wildman–Crippen LogP) is 3.61. The lowest BCUT2D eigenvalue weighted by molar-refractivity contribution is 1.16. The number of rotatable bonds is 4. The van der Waals surface area contributed by atoms with Gasteiger partial charge in [-0.05, 0) is 54.6 Å². The van der Waals surface area contributed by atoms with Crippen molar-refractivity contribution in [3.8, 4) is 0 Å². The van der Waals surface area contributed by atoms with E-state index in [1.54, 1.807) is 11.3 Å². The van der Waals surface area contributed by atoms with E-state index in [9.17, 15) is 0 Å². The fourth-order valence-corrected chi connectivity index (χ4v) is 2.89. The van der Waals surface area contributed by atoms with Gasteiger partial charge in [0.15, 0.2) is 0 Å². The Hall–Kier alpha value is -1.39. The molecular formula is C14H16N2S2. The molecule has 0 fully saturated rings. The van der Waals surface area contributed by atoms with Crippen LogP contribution < -0.4 is 11.1 Å². The van der Waals surface area contributed by atoms with Crippen molar-refractivity contribution in [2.24, 2.45) is 5.73 Å². The molecule has 0 radical (unpaired) electrons. The Bertz CT molecular complexity index is 573. The van der Waals surface area contributed by atoms with Gasteiger partial charge in [-0.2, -0.15) is 0 Å². The largest absolute Gasteiger partial charge is 0.389 e. The van der Waals surface area contributed by atoms with Crippen LogP contribution in [0.3, 0.4) is 0 Å². The summed E-state index contributed by atoms with van der Waals surface area (Å²) in [5.41, 5.74) is 10.1. The molecule has 0 bridgehead atoms. The Balaban J connectivity index is 2.09. The number of anilines is 1. The van der Waals surface area contributed by atoms with Crippen molar-refractivity contribution in [3.63, 3.8) is 0 Å². The minimum Gasteiger partial charge on any atom is -0.389 e. The van der Waals surface area contributed by atoms with Gasteiger partial charge in [-0.15, -0.1) is 11.3 Å². The van der Waals surface area contributed by atoms with Crippen LogP contribution in [-0.4, -0.2) is 4.99 Å². The van der Waals surface area contributed by atoms with Gasteiger partial charge in [0.25, 0.3) is 0 Å². The molecule has 0 aliphatic heterocycles. The number of thiocarbonyl (C=S) groups is 1. The second kappa shape index (κ2) is 5.50. The molecule has 1 aromatic heterocycles. The highest BCUT2D eigenvalue weighted by molar-refractivity contribution is 7.80. The van der Waals surface area contributed by atoms with Gasteiger partial charge in [0.05, 0.1) is 0 Å². The standard InChI is InChI=1S/C14H16N2S2/c1-9-5-6-18-13(9)8-16-11-3-4-12(14(15)17)10(2)7-11/h3-7,16H,8H2,1-2H3,(H2,15,17). The Kier molecular flexibility index (Phi) is 3.99. The summed E-state index contributed by atoms with van der Waals surface area (Å²) in [6.45, 7) is 5.01. The van der Waals surface area contributed by atoms with Gasteiger partial charge in [0, 0.05) is 22.7 Å². The summed E-state index contributed by atoms with van der Waals surface area (Å²) in [5, 5.41) is 5.54. The zero-order chi connectivity index (χ0) is 13.1. The van der Waals surface area contributed by atoms with E-state index >= 15 is 0 Å². The van der Waals surface area contributed by atoms with Gasteiger partial charge >= 0.3 is 0 Å². The molecule has 18 heavy (non-hydrogen) atoms. The molecule has 2 nitrogen and oxygen atoms in total. The van der Waals surface area contributed by atoms with Gasteiger partial charge in [-0.3, -0.25) is 0 Å². The molecule has 0 saturated carbocycles. The zero-order valence-electron chi connectivity index (χ0n) is 10.5. The summed E-state index contributed by atoms with van der Waals surface area (Å²) < 4.78 is 0. The van der Waals surface area contributed by atoms with E-state index in [1.165, 1.54) is 10.4 Å². The van der Waals surface area contributed by atoms with Crippen LogP contribution in [0.1, 0.15) is 21.6 Å². The maximum atomic E-state index is 5.65. The fraction of sp³-hybridized carbons (Fsp3) is 0.214. The summed E-state index contributed by atoms with van der Waals surface area (Å²) in [6, 6.07) is 8.21. The van der Waals surface area contributed by atoms with E-state index in [1.807, 2.05) is 19.1 Å². The van der Waals surface area contributed by atoms with Crippen molar-refractivity contribution in [2.45, 2.75) is 20.4 Å². The maximum absolute atomic E-state index is 5.65. The molecule has 2 rings (SSSR count). The lowest BCUT2D eigenvalue weighted by Crippen LogP contribution is -2.11. The monoisotopic (exact) mass is 276 g/mol. The lowest BCUT2D eigenvalue weighted by atomic mass is 10.1. The SMILES string of the molecule is Cc1cc(NCc2sccc2C)ccc1C(N)=S. The smallest absolute Gasteiger partial charge is 0.104 e. The van der Waals surface area contributed by atoms with Crippen LogP contribution in [0.25, 0.3) is 0 Å². The molecule has 0 amide bonds. The predicted molar refractivity (Wildman–Crippen MR) is 83.4 cm³/mol. The van der Waals surface area contributed by atoms with E-state index in [0.717, 1.165) is 23.4 Å². The van der Waals surface area contributed by atoms with Crippen molar-refractivity contribution in [3.05, 3.63) is 51.2 Å². The molecule has 0 spiro atoms. The first-order chi connectivity index (χ1) is 8.58. The van der Waals surface area contributed by atoms with E-state index in [0.29, 0.717) is 4.99 Å². The molecule has 0 atom stereocenters. The Morgan fingerprint density at radius 3 is 2.61 bits per heavy atom. The summed E-state index contributed by atoms with van der Waals surface area (Å²) >= 11 is 6.78. The number of hydrogen-bond acceptors (Lipinski definition) is 3. The Labute approximate surface area is 117 Å². The molecular weight excluding hydrogens is 260 g/mol. The maximum Gasteiger partial charge on any atom is 0.104 e. The van der Waals surface area contributed by atoms with Crippen molar-refractivity contribution in [1.29, 1.82) is 0 Å². The van der Waals surface area contributed by atoms with E-state index in [2.05, 4.69) is 29.8 Å². The van der Waals surface area contributed by atoms with Crippen LogP contribution in [0.2, 0.25) is 0 Å². The third kappa shape index (κ3) is 2.89. The van der Waals surface area contributed by atoms with Gasteiger partial charge in [0.2, 0.25) is 0 Å². The van der Waals surface area contributed by atoms with Crippen molar-refractivity contribution in [1.82, 2.24) is 0 Å². The average Bonchev–Trinajstić information content (AvgIpc) is 2.72. The fourth-order valence-electron chi connectivity index (χ4n) is 1.82. The zero-order valence-corrected chi connectivity index (χ0v) is 12.1. The number of nitrogens with two attached hydrogens (primary N) is 1. The Morgan fingerprint density at radius 2 is 2.06 bits per heavy atom. The normalized spacial score (nSPS) is 10.3. The molecule has 0 unspecified atom stereocenters. The van der Waals surface area contributed by atoms with Crippen LogP contribution >= 0.6 is 23.6 Å². The van der Waals surface area contributed by atoms with Gasteiger partial charge in [-0.1, -0.05) is 12.2 Å². The van der Waals surface area contributed by atoms with E-state index in [-0.39, 0.29) is 0 Å². The Morgan fingerprint density at radius 1 is 1.28 bits per heavy atom. The molecule has 0 saturated heterocycles. The third-order valence-corrected chi connectivity index (χ3v) is 4.16. The third-order valence-electron chi connectivity index (χ3n) is 2.91. The second-order valence-electron chi connectivity index (χ2n) is 4.27. The first-order valence-corrected chi connectivity index (χ1v) is 7.04. The minimum atomic E-state index is 0.452. The first-order valence-electron chi connectivity index (χ1n) is 5.75. The second-order valence-corrected chi connectivity index (χ2v) is 5.71. The minimum absolute atomic E-state index is 0.452. The van der Waals surface area contributed by atoms with Crippen LogP contribution in [0.4, 0.5) is 5.69 Å². The van der Waals surface area contributed by atoms with Gasteiger partial charge in [-0.25, -0.2) is 0 Å². The summed E-state index contributed by atoms with van der Waals surface area (Å²) in [6.07, 6.45) is 0. The number of nitrogens with one attached hydrogen (secondary N) is 1. The molecule has 0 aliphatic carbocycles. The molecule has 0 aliphatic rings. The summed E-state index contributed by atoms with van der Waals surface area (Å²) in [7, 11) is 0. The highest BCUT2D eigenvalue weighted by Crippen LogP contribution is 2.19. The topological polar surface area (TPSA) is 38.0 Å². The van der Waals surface area contributed by atoms with Crippen LogP contribution in [0, 0.1) is 13.8 Å². The number of thiophene rings is 1. The molecule has 4 heteroatoms. The molecule has 1 heterocycles. The number of hydrogen-bond donors (Lipinski definition) is 2. The van der Waals surface area contributed by atoms with Crippen LogP contribution in [0.5, 0.6) is 0 Å². The quantitative estimate of drug-likeness (QED) is 0.838. The number of aryl methyl sites for hydroxylation is 2. The molecule has 94 valence electrons. The van der Waals surface area contributed by atoms with Crippen LogP contribution in [0.15, 0.2) is 29.6 Å². The highest BCUT2D eigenvalue weighted by atomic mass is 32.1. The molecule has 2 aromatic rings. The highest BCUT2D eigenvalue weighted by Gasteiger charge is 2.03. The number of benzene rings is 1. The van der Waals surface area contributed by atoms with E-state index in [4.69, 9.17) is 18.0 Å². The molecule has 1 aromatic carbocycles. The molecule has 3 N–H and O–H groups in total. The van der Waals surface area contributed by atoms with Crippen molar-refractivity contribution < 1.29 is 0 Å². The van der Waals surface area contributed by atoms with E-state index < -0.39 is 0 Å². The average molecular weight is 276 g/mol. The first kappa shape index (κ1) is 13.1.